The quantitative estimate of drug-likeness (QED) is 0.468. The molecule has 1 rings (SSSR count). The number of hydrogen-bond acceptors (Lipinski definition) is 2. The molecule has 0 saturated carbocycles. The van der Waals surface area contributed by atoms with Crippen LogP contribution in [0.1, 0.15) is 11.1 Å². The van der Waals surface area contributed by atoms with E-state index in [0.717, 1.165) is 0 Å². The van der Waals surface area contributed by atoms with Crippen LogP contribution >= 0.6 is 27.5 Å². The molecule has 0 N–H and O–H groups in total. The van der Waals surface area contributed by atoms with E-state index in [4.69, 9.17) is 11.6 Å². The Hall–Kier alpha value is -0.820. The summed E-state index contributed by atoms with van der Waals surface area (Å²) in [7, 11) is 0. The second-order valence-corrected chi connectivity index (χ2v) is 3.98. The molecule has 3 nitrogen and oxygen atoms in total. The molecule has 0 fully saturated rings. The maximum Gasteiger partial charge on any atom is 0.416 e. The summed E-state index contributed by atoms with van der Waals surface area (Å²) in [5.41, 5.74) is -1.59. The predicted octanol–water partition coefficient (Wildman–Crippen LogP) is 4.11. The highest BCUT2D eigenvalue weighted by Gasteiger charge is 2.33. The molecule has 0 aliphatic carbocycles. The first-order valence-electron chi connectivity index (χ1n) is 3.87. The minimum atomic E-state index is -4.56. The number of hydrogen-bond donors (Lipinski definition) is 0. The van der Waals surface area contributed by atoms with Gasteiger partial charge in [-0.15, -0.1) is 11.6 Å². The zero-order chi connectivity index (χ0) is 12.5. The molecule has 0 unspecified atom stereocenters. The third-order valence-electron chi connectivity index (χ3n) is 1.80. The molecule has 0 heterocycles. The zero-order valence-electron chi connectivity index (χ0n) is 7.52. The van der Waals surface area contributed by atoms with E-state index in [2.05, 4.69) is 15.9 Å². The molecule has 0 aliphatic heterocycles. The number of nitrogens with zero attached hydrogens (tertiary/aromatic N) is 1. The Morgan fingerprint density at radius 1 is 1.44 bits per heavy atom. The number of halogens is 5. The van der Waals surface area contributed by atoms with Crippen molar-refractivity contribution >= 4 is 33.2 Å². The topological polar surface area (TPSA) is 43.1 Å². The van der Waals surface area contributed by atoms with E-state index in [1.165, 1.54) is 0 Å². The number of nitro groups is 1. The van der Waals surface area contributed by atoms with Crippen LogP contribution in [0.2, 0.25) is 0 Å². The molecule has 0 bridgehead atoms. The summed E-state index contributed by atoms with van der Waals surface area (Å²) in [6, 6.07) is 1.34. The summed E-state index contributed by atoms with van der Waals surface area (Å²) in [4.78, 5) is 9.82. The van der Waals surface area contributed by atoms with Gasteiger partial charge in [-0.2, -0.15) is 13.2 Å². The molecule has 1 aromatic carbocycles. The largest absolute Gasteiger partial charge is 0.416 e. The predicted molar refractivity (Wildman–Crippen MR) is 55.4 cm³/mol. The van der Waals surface area contributed by atoms with E-state index in [1.54, 1.807) is 0 Å². The zero-order valence-corrected chi connectivity index (χ0v) is 9.86. The SMILES string of the molecule is O=[N+]([O-])c1c(Br)cc(C(F)(F)F)cc1CCl. The maximum absolute atomic E-state index is 12.4. The van der Waals surface area contributed by atoms with Crippen molar-refractivity contribution < 1.29 is 18.1 Å². The fourth-order valence-corrected chi connectivity index (χ4v) is 1.98. The smallest absolute Gasteiger partial charge is 0.258 e. The molecule has 16 heavy (non-hydrogen) atoms. The van der Waals surface area contributed by atoms with Crippen LogP contribution in [0.3, 0.4) is 0 Å². The van der Waals surface area contributed by atoms with Gasteiger partial charge in [-0.1, -0.05) is 0 Å². The van der Waals surface area contributed by atoms with Crippen molar-refractivity contribution in [2.45, 2.75) is 12.1 Å². The molecule has 0 aromatic heterocycles. The van der Waals surface area contributed by atoms with Crippen LogP contribution in [0.25, 0.3) is 0 Å². The van der Waals surface area contributed by atoms with E-state index in [1.807, 2.05) is 0 Å². The van der Waals surface area contributed by atoms with Gasteiger partial charge in [0.1, 0.15) is 0 Å². The fraction of sp³-hybridized carbons (Fsp3) is 0.250. The van der Waals surface area contributed by atoms with Crippen LogP contribution < -0.4 is 0 Å². The van der Waals surface area contributed by atoms with Gasteiger partial charge in [0, 0.05) is 5.56 Å². The normalized spacial score (nSPS) is 11.6. The van der Waals surface area contributed by atoms with Gasteiger partial charge < -0.3 is 0 Å². The molecule has 88 valence electrons. The van der Waals surface area contributed by atoms with Crippen molar-refractivity contribution in [3.8, 4) is 0 Å². The monoisotopic (exact) mass is 317 g/mol. The lowest BCUT2D eigenvalue weighted by Crippen LogP contribution is -2.07. The summed E-state index contributed by atoms with van der Waals surface area (Å²) >= 11 is 8.11. The van der Waals surface area contributed by atoms with Crippen molar-refractivity contribution in [1.29, 1.82) is 0 Å². The van der Waals surface area contributed by atoms with Gasteiger partial charge in [0.15, 0.2) is 0 Å². The average molecular weight is 318 g/mol. The minimum Gasteiger partial charge on any atom is -0.258 e. The molecule has 0 radical (unpaired) electrons. The molecule has 0 atom stereocenters. The molecule has 0 spiro atoms. The Morgan fingerprint density at radius 2 is 2.00 bits per heavy atom. The lowest BCUT2D eigenvalue weighted by Gasteiger charge is -2.09. The minimum absolute atomic E-state index is 0.173. The molecule has 0 aliphatic rings. The highest BCUT2D eigenvalue weighted by molar-refractivity contribution is 9.10. The molecule has 0 saturated heterocycles. The van der Waals surface area contributed by atoms with E-state index in [0.29, 0.717) is 12.1 Å². The maximum atomic E-state index is 12.4. The third-order valence-corrected chi connectivity index (χ3v) is 2.69. The average Bonchev–Trinajstić information content (AvgIpc) is 2.14. The van der Waals surface area contributed by atoms with E-state index in [-0.39, 0.29) is 15.9 Å². The van der Waals surface area contributed by atoms with Gasteiger partial charge in [0.25, 0.3) is 5.69 Å². The standard InChI is InChI=1S/C8H4BrClF3NO2/c9-6-2-5(8(11,12)13)1-4(3-10)7(6)14(15)16/h1-2H,3H2. The first-order chi connectivity index (χ1) is 7.27. The molecular formula is C8H4BrClF3NO2. The molecular weight excluding hydrogens is 314 g/mol. The summed E-state index contributed by atoms with van der Waals surface area (Å²) in [6.07, 6.45) is -4.56. The lowest BCUT2D eigenvalue weighted by atomic mass is 10.1. The van der Waals surface area contributed by atoms with Crippen molar-refractivity contribution in [3.05, 3.63) is 37.8 Å². The van der Waals surface area contributed by atoms with E-state index in [9.17, 15) is 23.3 Å². The van der Waals surface area contributed by atoms with Crippen molar-refractivity contribution in [1.82, 2.24) is 0 Å². The van der Waals surface area contributed by atoms with Crippen molar-refractivity contribution in [3.63, 3.8) is 0 Å². The van der Waals surface area contributed by atoms with Crippen LogP contribution in [0.15, 0.2) is 16.6 Å². The summed E-state index contributed by atoms with van der Waals surface area (Å²) in [5, 5.41) is 10.6. The number of rotatable bonds is 2. The van der Waals surface area contributed by atoms with Gasteiger partial charge in [-0.3, -0.25) is 10.1 Å². The number of alkyl halides is 4. The van der Waals surface area contributed by atoms with Crippen molar-refractivity contribution in [2.75, 3.05) is 0 Å². The van der Waals surface area contributed by atoms with Crippen LogP contribution in [-0.4, -0.2) is 4.92 Å². The molecule has 1 aromatic rings. The van der Waals surface area contributed by atoms with Gasteiger partial charge in [0.2, 0.25) is 0 Å². The Labute approximate surface area is 101 Å². The second kappa shape index (κ2) is 4.58. The fourth-order valence-electron chi connectivity index (χ4n) is 1.13. The van der Waals surface area contributed by atoms with Crippen molar-refractivity contribution in [2.24, 2.45) is 0 Å². The summed E-state index contributed by atoms with van der Waals surface area (Å²) in [6.45, 7) is 0. The van der Waals surface area contributed by atoms with Crippen LogP contribution in [-0.2, 0) is 12.1 Å². The summed E-state index contributed by atoms with van der Waals surface area (Å²) in [5.74, 6) is -0.362. The Bertz CT molecular complexity index is 436. The Balaban J connectivity index is 3.44. The van der Waals surface area contributed by atoms with Crippen LogP contribution in [0.5, 0.6) is 0 Å². The highest BCUT2D eigenvalue weighted by Crippen LogP contribution is 2.37. The van der Waals surface area contributed by atoms with Gasteiger partial charge in [0.05, 0.1) is 20.8 Å². The molecule has 8 heteroatoms. The first-order valence-corrected chi connectivity index (χ1v) is 5.20. The second-order valence-electron chi connectivity index (χ2n) is 2.85. The molecule has 0 amide bonds. The first kappa shape index (κ1) is 13.2. The van der Waals surface area contributed by atoms with E-state index < -0.39 is 22.4 Å². The Kier molecular flexibility index (Phi) is 3.80. The van der Waals surface area contributed by atoms with Gasteiger partial charge in [-0.25, -0.2) is 0 Å². The Morgan fingerprint density at radius 3 is 2.38 bits per heavy atom. The third kappa shape index (κ3) is 2.65. The number of nitro benzene ring substituents is 1. The number of benzene rings is 1. The van der Waals surface area contributed by atoms with E-state index >= 15 is 0 Å². The van der Waals surface area contributed by atoms with Crippen LogP contribution in [0.4, 0.5) is 18.9 Å². The van der Waals surface area contributed by atoms with Crippen LogP contribution in [0, 0.1) is 10.1 Å². The van der Waals surface area contributed by atoms with Gasteiger partial charge in [-0.05, 0) is 28.1 Å². The lowest BCUT2D eigenvalue weighted by molar-refractivity contribution is -0.386. The highest BCUT2D eigenvalue weighted by atomic mass is 79.9. The van der Waals surface area contributed by atoms with Gasteiger partial charge >= 0.3 is 6.18 Å². The summed E-state index contributed by atoms with van der Waals surface area (Å²) < 4.78 is 36.9.